The monoisotopic (exact) mass is 346 g/mol. The number of methoxy groups -OCH3 is 2. The number of hydrogen-bond acceptors (Lipinski definition) is 8. The molecule has 0 aliphatic rings. The minimum Gasteiger partial charge on any atom is -0.493 e. The van der Waals surface area contributed by atoms with Crippen molar-refractivity contribution < 1.29 is 19.3 Å². The first-order chi connectivity index (χ1) is 12.0. The molecule has 2 rings (SSSR count). The first-order valence-electron chi connectivity index (χ1n) is 6.90. The van der Waals surface area contributed by atoms with E-state index < -0.39 is 15.5 Å². The maximum atomic E-state index is 11.0. The molecule has 0 unspecified atom stereocenters. The van der Waals surface area contributed by atoms with Gasteiger partial charge in [-0.15, -0.1) is 0 Å². The van der Waals surface area contributed by atoms with Crippen LogP contribution in [0.5, 0.6) is 11.5 Å². The van der Waals surface area contributed by atoms with Crippen LogP contribution < -0.4 is 14.9 Å². The summed E-state index contributed by atoms with van der Waals surface area (Å²) in [5.74, 6) is 1.06. The topological polar surface area (TPSA) is 129 Å². The van der Waals surface area contributed by atoms with Crippen LogP contribution in [-0.4, -0.2) is 30.3 Å². The lowest BCUT2D eigenvalue weighted by atomic mass is 10.2. The molecule has 2 aromatic rings. The number of benzene rings is 2. The number of ether oxygens (including phenoxy) is 2. The highest BCUT2D eigenvalue weighted by Gasteiger charge is 2.19. The van der Waals surface area contributed by atoms with Crippen molar-refractivity contribution in [2.75, 3.05) is 19.6 Å². The molecular weight excluding hydrogens is 332 g/mol. The van der Waals surface area contributed by atoms with E-state index in [9.17, 15) is 20.2 Å². The van der Waals surface area contributed by atoms with Crippen molar-refractivity contribution in [1.29, 1.82) is 0 Å². The van der Waals surface area contributed by atoms with E-state index in [0.717, 1.165) is 12.1 Å². The number of nitro benzene ring substituents is 2. The summed E-state index contributed by atoms with van der Waals surface area (Å²) in [6, 6.07) is 8.33. The van der Waals surface area contributed by atoms with Gasteiger partial charge in [0.05, 0.1) is 36.3 Å². The van der Waals surface area contributed by atoms with Crippen LogP contribution in [0.2, 0.25) is 0 Å². The second-order valence-electron chi connectivity index (χ2n) is 4.70. The van der Waals surface area contributed by atoms with Gasteiger partial charge in [-0.05, 0) is 29.8 Å². The number of nitrogens with zero attached hydrogens (tertiary/aromatic N) is 3. The summed E-state index contributed by atoms with van der Waals surface area (Å²) in [5, 5.41) is 25.7. The first-order valence-corrected chi connectivity index (χ1v) is 6.90. The Labute approximate surface area is 142 Å². The van der Waals surface area contributed by atoms with Crippen molar-refractivity contribution in [3.05, 3.63) is 62.2 Å². The Kier molecular flexibility index (Phi) is 5.46. The molecule has 0 fully saturated rings. The van der Waals surface area contributed by atoms with Gasteiger partial charge >= 0.3 is 5.69 Å². The zero-order chi connectivity index (χ0) is 18.4. The minimum atomic E-state index is -0.721. The number of rotatable bonds is 7. The third-order valence-electron chi connectivity index (χ3n) is 3.20. The average Bonchev–Trinajstić information content (AvgIpc) is 2.61. The molecule has 0 aromatic heterocycles. The third-order valence-corrected chi connectivity index (χ3v) is 3.20. The predicted molar refractivity (Wildman–Crippen MR) is 90.5 cm³/mol. The van der Waals surface area contributed by atoms with Gasteiger partial charge in [0.25, 0.3) is 5.69 Å². The smallest absolute Gasteiger partial charge is 0.301 e. The number of nitro groups is 2. The van der Waals surface area contributed by atoms with Crippen molar-refractivity contribution in [1.82, 2.24) is 0 Å². The molecule has 1 N–H and O–H groups in total. The zero-order valence-corrected chi connectivity index (χ0v) is 13.3. The summed E-state index contributed by atoms with van der Waals surface area (Å²) in [4.78, 5) is 20.3. The van der Waals surface area contributed by atoms with Crippen LogP contribution in [0, 0.1) is 20.2 Å². The van der Waals surface area contributed by atoms with Gasteiger partial charge in [0, 0.05) is 6.07 Å². The molecule has 0 amide bonds. The van der Waals surface area contributed by atoms with Gasteiger partial charge in [-0.2, -0.15) is 5.10 Å². The molecule has 0 radical (unpaired) electrons. The Morgan fingerprint density at radius 3 is 2.32 bits per heavy atom. The SMILES string of the molecule is COc1ccc(C=NNc2ccc([N+](=O)[O-])cc2[N+](=O)[O-])cc1OC. The van der Waals surface area contributed by atoms with Crippen LogP contribution in [0.15, 0.2) is 41.5 Å². The largest absolute Gasteiger partial charge is 0.493 e. The van der Waals surface area contributed by atoms with Crippen LogP contribution in [0.3, 0.4) is 0 Å². The second kappa shape index (κ2) is 7.73. The number of hydrogen-bond donors (Lipinski definition) is 1. The second-order valence-corrected chi connectivity index (χ2v) is 4.70. The summed E-state index contributed by atoms with van der Waals surface area (Å²) >= 11 is 0. The molecule has 0 heterocycles. The van der Waals surface area contributed by atoms with Gasteiger partial charge in [-0.3, -0.25) is 25.7 Å². The summed E-state index contributed by atoms with van der Waals surface area (Å²) in [7, 11) is 3.01. The maximum absolute atomic E-state index is 11.0. The molecule has 0 spiro atoms. The maximum Gasteiger partial charge on any atom is 0.301 e. The van der Waals surface area contributed by atoms with Gasteiger partial charge in [0.2, 0.25) is 0 Å². The van der Waals surface area contributed by atoms with Gasteiger partial charge in [0.1, 0.15) is 5.69 Å². The summed E-state index contributed by atoms with van der Waals surface area (Å²) in [5.41, 5.74) is 2.39. The summed E-state index contributed by atoms with van der Waals surface area (Å²) in [6.45, 7) is 0. The van der Waals surface area contributed by atoms with Crippen LogP contribution in [0.4, 0.5) is 17.1 Å². The quantitative estimate of drug-likeness (QED) is 0.463. The van der Waals surface area contributed by atoms with E-state index in [1.54, 1.807) is 18.2 Å². The van der Waals surface area contributed by atoms with Gasteiger partial charge in [-0.1, -0.05) is 0 Å². The van der Waals surface area contributed by atoms with Crippen LogP contribution in [0.1, 0.15) is 5.56 Å². The van der Waals surface area contributed by atoms with Crippen molar-refractivity contribution in [3.8, 4) is 11.5 Å². The standard InChI is InChI=1S/C15H14N4O6/c1-24-14-6-3-10(7-15(14)25-2)9-16-17-12-5-4-11(18(20)21)8-13(12)19(22)23/h3-9,17H,1-2H3. The van der Waals surface area contributed by atoms with Crippen molar-refractivity contribution in [3.63, 3.8) is 0 Å². The third kappa shape index (κ3) is 4.19. The van der Waals surface area contributed by atoms with E-state index in [2.05, 4.69) is 10.5 Å². The number of nitrogens with one attached hydrogen (secondary N) is 1. The number of hydrazone groups is 1. The molecule has 0 saturated carbocycles. The van der Waals surface area contributed by atoms with Gasteiger partial charge < -0.3 is 9.47 Å². The average molecular weight is 346 g/mol. The fourth-order valence-corrected chi connectivity index (χ4v) is 1.99. The molecular formula is C15H14N4O6. The molecule has 0 saturated heterocycles. The zero-order valence-electron chi connectivity index (χ0n) is 13.3. The van der Waals surface area contributed by atoms with Crippen LogP contribution in [0.25, 0.3) is 0 Å². The van der Waals surface area contributed by atoms with E-state index in [4.69, 9.17) is 9.47 Å². The molecule has 0 atom stereocenters. The molecule has 10 nitrogen and oxygen atoms in total. The Morgan fingerprint density at radius 1 is 1.00 bits per heavy atom. The van der Waals surface area contributed by atoms with Crippen molar-refractivity contribution in [2.45, 2.75) is 0 Å². The molecule has 10 heteroatoms. The highest BCUT2D eigenvalue weighted by molar-refractivity contribution is 5.82. The van der Waals surface area contributed by atoms with E-state index in [1.165, 1.54) is 26.5 Å². The Morgan fingerprint density at radius 2 is 1.72 bits per heavy atom. The number of non-ortho nitro benzene ring substituents is 1. The molecule has 2 aromatic carbocycles. The van der Waals surface area contributed by atoms with Crippen LogP contribution >= 0.6 is 0 Å². The molecule has 0 bridgehead atoms. The Balaban J connectivity index is 2.22. The van der Waals surface area contributed by atoms with Crippen molar-refractivity contribution in [2.24, 2.45) is 5.10 Å². The normalized spacial score (nSPS) is 10.5. The lowest BCUT2D eigenvalue weighted by Crippen LogP contribution is -1.99. The molecule has 0 aliphatic heterocycles. The fourth-order valence-electron chi connectivity index (χ4n) is 1.99. The predicted octanol–water partition coefficient (Wildman–Crippen LogP) is 2.97. The highest BCUT2D eigenvalue weighted by Crippen LogP contribution is 2.29. The van der Waals surface area contributed by atoms with E-state index >= 15 is 0 Å². The highest BCUT2D eigenvalue weighted by atomic mass is 16.6. The molecule has 0 aliphatic carbocycles. The molecule has 130 valence electrons. The fraction of sp³-hybridized carbons (Fsp3) is 0.133. The number of anilines is 1. The van der Waals surface area contributed by atoms with Gasteiger partial charge in [-0.25, -0.2) is 0 Å². The summed E-state index contributed by atoms with van der Waals surface area (Å²) in [6.07, 6.45) is 1.42. The summed E-state index contributed by atoms with van der Waals surface area (Å²) < 4.78 is 10.3. The van der Waals surface area contributed by atoms with Crippen LogP contribution in [-0.2, 0) is 0 Å². The van der Waals surface area contributed by atoms with Crippen molar-refractivity contribution >= 4 is 23.3 Å². The lowest BCUT2D eigenvalue weighted by Gasteiger charge is -2.07. The van der Waals surface area contributed by atoms with E-state index in [1.807, 2.05) is 0 Å². The van der Waals surface area contributed by atoms with E-state index in [0.29, 0.717) is 17.1 Å². The Hall–Kier alpha value is -3.69. The lowest BCUT2D eigenvalue weighted by molar-refractivity contribution is -0.393. The van der Waals surface area contributed by atoms with Gasteiger partial charge in [0.15, 0.2) is 11.5 Å². The Bertz CT molecular complexity index is 837. The first kappa shape index (κ1) is 17.7. The minimum absolute atomic E-state index is 0.0346. The van der Waals surface area contributed by atoms with E-state index in [-0.39, 0.29) is 11.4 Å². The molecule has 25 heavy (non-hydrogen) atoms.